The molecular weight excluding hydrogens is 210 g/mol. The first-order chi connectivity index (χ1) is 8.10. The second kappa shape index (κ2) is 4.69. The molecule has 1 aliphatic rings. The van der Waals surface area contributed by atoms with Crippen molar-refractivity contribution in [1.29, 1.82) is 0 Å². The Bertz CT molecular complexity index is 412. The lowest BCUT2D eigenvalue weighted by molar-refractivity contribution is 0.187. The van der Waals surface area contributed by atoms with Gasteiger partial charge in [-0.05, 0) is 37.4 Å². The highest BCUT2D eigenvalue weighted by molar-refractivity contribution is 5.52. The summed E-state index contributed by atoms with van der Waals surface area (Å²) in [6, 6.07) is 4.78. The standard InChI is InChI=1S/C15H23NO/c1-6-12-14(16-5)13-10(4)7-8-11(9(2)3)15(13)17-12/h7-9,12,14,16H,6H2,1-5H3. The van der Waals surface area contributed by atoms with Crippen molar-refractivity contribution in [1.82, 2.24) is 5.32 Å². The molecular formula is C15H23NO. The summed E-state index contributed by atoms with van der Waals surface area (Å²) in [7, 11) is 2.02. The Morgan fingerprint density at radius 3 is 2.59 bits per heavy atom. The van der Waals surface area contributed by atoms with Crippen molar-refractivity contribution in [2.75, 3.05) is 7.05 Å². The van der Waals surface area contributed by atoms with E-state index < -0.39 is 0 Å². The van der Waals surface area contributed by atoms with Crippen molar-refractivity contribution in [3.8, 4) is 5.75 Å². The van der Waals surface area contributed by atoms with Crippen molar-refractivity contribution >= 4 is 0 Å². The van der Waals surface area contributed by atoms with Gasteiger partial charge < -0.3 is 10.1 Å². The van der Waals surface area contributed by atoms with Crippen molar-refractivity contribution < 1.29 is 4.74 Å². The molecule has 0 saturated heterocycles. The molecule has 0 aromatic heterocycles. The zero-order valence-electron chi connectivity index (χ0n) is 11.5. The molecule has 0 aliphatic carbocycles. The van der Waals surface area contributed by atoms with Crippen LogP contribution in [-0.4, -0.2) is 13.2 Å². The Hall–Kier alpha value is -1.02. The minimum atomic E-state index is 0.272. The second-order valence-corrected chi connectivity index (χ2v) is 5.20. The molecule has 0 radical (unpaired) electrons. The van der Waals surface area contributed by atoms with E-state index >= 15 is 0 Å². The van der Waals surface area contributed by atoms with Crippen LogP contribution in [0.5, 0.6) is 5.75 Å². The number of benzene rings is 1. The van der Waals surface area contributed by atoms with Gasteiger partial charge in [0.05, 0.1) is 6.04 Å². The summed E-state index contributed by atoms with van der Waals surface area (Å²) < 4.78 is 6.17. The molecule has 0 saturated carbocycles. The van der Waals surface area contributed by atoms with Crippen LogP contribution in [0.25, 0.3) is 0 Å². The summed E-state index contributed by atoms with van der Waals surface area (Å²) in [5, 5.41) is 3.40. The van der Waals surface area contributed by atoms with Gasteiger partial charge in [-0.15, -0.1) is 0 Å². The average Bonchev–Trinajstić information content (AvgIpc) is 2.68. The molecule has 1 heterocycles. The fraction of sp³-hybridized carbons (Fsp3) is 0.600. The van der Waals surface area contributed by atoms with Crippen molar-refractivity contribution in [3.05, 3.63) is 28.8 Å². The Morgan fingerprint density at radius 1 is 1.35 bits per heavy atom. The molecule has 0 bridgehead atoms. The zero-order valence-corrected chi connectivity index (χ0v) is 11.5. The number of aryl methyl sites for hydroxylation is 1. The normalized spacial score (nSPS) is 22.7. The third-order valence-electron chi connectivity index (χ3n) is 3.73. The van der Waals surface area contributed by atoms with Crippen LogP contribution in [0, 0.1) is 6.92 Å². The average molecular weight is 233 g/mol. The van der Waals surface area contributed by atoms with Gasteiger partial charge >= 0.3 is 0 Å². The first kappa shape index (κ1) is 12.4. The van der Waals surface area contributed by atoms with Gasteiger partial charge in [-0.3, -0.25) is 0 Å². The van der Waals surface area contributed by atoms with E-state index in [4.69, 9.17) is 4.74 Å². The maximum atomic E-state index is 6.17. The van der Waals surface area contributed by atoms with Gasteiger partial charge in [-0.25, -0.2) is 0 Å². The maximum Gasteiger partial charge on any atom is 0.128 e. The van der Waals surface area contributed by atoms with Gasteiger partial charge in [0.2, 0.25) is 0 Å². The van der Waals surface area contributed by atoms with Gasteiger partial charge in [0.15, 0.2) is 0 Å². The lowest BCUT2D eigenvalue weighted by atomic mass is 9.92. The number of hydrogen-bond donors (Lipinski definition) is 1. The zero-order chi connectivity index (χ0) is 12.6. The molecule has 0 amide bonds. The topological polar surface area (TPSA) is 21.3 Å². The van der Waals surface area contributed by atoms with E-state index in [1.165, 1.54) is 16.7 Å². The Labute approximate surface area is 104 Å². The van der Waals surface area contributed by atoms with E-state index in [1.54, 1.807) is 0 Å². The van der Waals surface area contributed by atoms with E-state index in [2.05, 4.69) is 45.1 Å². The second-order valence-electron chi connectivity index (χ2n) is 5.20. The smallest absolute Gasteiger partial charge is 0.128 e. The summed E-state index contributed by atoms with van der Waals surface area (Å²) in [4.78, 5) is 0. The summed E-state index contributed by atoms with van der Waals surface area (Å²) in [5.74, 6) is 1.64. The summed E-state index contributed by atoms with van der Waals surface area (Å²) in [6.07, 6.45) is 1.31. The van der Waals surface area contributed by atoms with E-state index in [9.17, 15) is 0 Å². The molecule has 2 unspecified atom stereocenters. The molecule has 94 valence electrons. The van der Waals surface area contributed by atoms with Crippen LogP contribution in [0.3, 0.4) is 0 Å². The quantitative estimate of drug-likeness (QED) is 0.862. The Kier molecular flexibility index (Phi) is 3.43. The summed E-state index contributed by atoms with van der Waals surface area (Å²) in [5.41, 5.74) is 4.03. The number of rotatable bonds is 3. The lowest BCUT2D eigenvalue weighted by Crippen LogP contribution is -2.27. The molecule has 1 aromatic rings. The van der Waals surface area contributed by atoms with Gasteiger partial charge in [0, 0.05) is 5.56 Å². The third-order valence-corrected chi connectivity index (χ3v) is 3.73. The summed E-state index contributed by atoms with van der Waals surface area (Å²) in [6.45, 7) is 8.81. The SMILES string of the molecule is CCC1Oc2c(C(C)C)ccc(C)c2C1NC. The minimum Gasteiger partial charge on any atom is -0.488 e. The van der Waals surface area contributed by atoms with Gasteiger partial charge in [0.1, 0.15) is 11.9 Å². The molecule has 17 heavy (non-hydrogen) atoms. The predicted molar refractivity (Wildman–Crippen MR) is 71.8 cm³/mol. The van der Waals surface area contributed by atoms with Crippen LogP contribution < -0.4 is 10.1 Å². The van der Waals surface area contributed by atoms with Gasteiger partial charge in [0.25, 0.3) is 0 Å². The highest BCUT2D eigenvalue weighted by atomic mass is 16.5. The molecule has 1 aliphatic heterocycles. The number of fused-ring (bicyclic) bond motifs is 1. The van der Waals surface area contributed by atoms with E-state index in [1.807, 2.05) is 7.05 Å². The van der Waals surface area contributed by atoms with E-state index in [0.717, 1.165) is 12.2 Å². The highest BCUT2D eigenvalue weighted by Gasteiger charge is 2.35. The van der Waals surface area contributed by atoms with Crippen LogP contribution in [0.4, 0.5) is 0 Å². The number of nitrogens with one attached hydrogen (secondary N) is 1. The lowest BCUT2D eigenvalue weighted by Gasteiger charge is -2.17. The molecule has 2 atom stereocenters. The fourth-order valence-electron chi connectivity index (χ4n) is 2.74. The van der Waals surface area contributed by atoms with Gasteiger partial charge in [-0.2, -0.15) is 0 Å². The Balaban J connectivity index is 2.54. The molecule has 0 fully saturated rings. The first-order valence-electron chi connectivity index (χ1n) is 6.57. The molecule has 1 aromatic carbocycles. The van der Waals surface area contributed by atoms with Crippen molar-refractivity contribution in [3.63, 3.8) is 0 Å². The van der Waals surface area contributed by atoms with Crippen LogP contribution >= 0.6 is 0 Å². The maximum absolute atomic E-state index is 6.17. The summed E-state index contributed by atoms with van der Waals surface area (Å²) >= 11 is 0. The van der Waals surface area contributed by atoms with Crippen LogP contribution in [0.1, 0.15) is 55.8 Å². The molecule has 2 heteroatoms. The first-order valence-corrected chi connectivity index (χ1v) is 6.57. The predicted octanol–water partition coefficient (Wildman–Crippen LogP) is 3.55. The third kappa shape index (κ3) is 1.95. The highest BCUT2D eigenvalue weighted by Crippen LogP contribution is 2.44. The largest absolute Gasteiger partial charge is 0.488 e. The molecule has 2 nitrogen and oxygen atoms in total. The molecule has 1 N–H and O–H groups in total. The fourth-order valence-corrected chi connectivity index (χ4v) is 2.74. The van der Waals surface area contributed by atoms with E-state index in [0.29, 0.717) is 12.0 Å². The van der Waals surface area contributed by atoms with Crippen LogP contribution in [-0.2, 0) is 0 Å². The van der Waals surface area contributed by atoms with Crippen molar-refractivity contribution in [2.45, 2.75) is 52.2 Å². The van der Waals surface area contributed by atoms with E-state index in [-0.39, 0.29) is 6.10 Å². The monoisotopic (exact) mass is 233 g/mol. The minimum absolute atomic E-state index is 0.272. The molecule has 2 rings (SSSR count). The Morgan fingerprint density at radius 2 is 2.06 bits per heavy atom. The number of likely N-dealkylation sites (N-methyl/N-ethyl adjacent to an activating group) is 1. The van der Waals surface area contributed by atoms with Crippen molar-refractivity contribution in [2.24, 2.45) is 0 Å². The number of ether oxygens (including phenoxy) is 1. The van der Waals surface area contributed by atoms with Crippen LogP contribution in [0.15, 0.2) is 12.1 Å². The molecule has 0 spiro atoms. The van der Waals surface area contributed by atoms with Crippen LogP contribution in [0.2, 0.25) is 0 Å². The number of hydrogen-bond acceptors (Lipinski definition) is 2. The van der Waals surface area contributed by atoms with Gasteiger partial charge in [-0.1, -0.05) is 32.9 Å².